The van der Waals surface area contributed by atoms with E-state index in [1.807, 2.05) is 32.0 Å². The molecular formula is C14H17N3OS2. The molecular weight excluding hydrogens is 290 g/mol. The quantitative estimate of drug-likeness (QED) is 0.798. The van der Waals surface area contributed by atoms with E-state index in [4.69, 9.17) is 0 Å². The third-order valence-electron chi connectivity index (χ3n) is 2.63. The average Bonchev–Trinajstić information content (AvgIpc) is 2.88. The predicted octanol–water partition coefficient (Wildman–Crippen LogP) is 3.09. The first-order valence-electron chi connectivity index (χ1n) is 6.55. The Morgan fingerprint density at radius 1 is 1.35 bits per heavy atom. The lowest BCUT2D eigenvalue weighted by molar-refractivity contribution is -0.117. The topological polar surface area (TPSA) is 47.2 Å². The van der Waals surface area contributed by atoms with Crippen molar-refractivity contribution < 1.29 is 4.79 Å². The molecule has 2 rings (SSSR count). The number of rotatable bonds is 5. The Hall–Kier alpha value is -1.40. The van der Waals surface area contributed by atoms with Crippen LogP contribution in [0.3, 0.4) is 0 Å². The Kier molecular flexibility index (Phi) is 5.55. The molecule has 0 aliphatic carbocycles. The van der Waals surface area contributed by atoms with Gasteiger partial charge in [-0.15, -0.1) is 0 Å². The van der Waals surface area contributed by atoms with E-state index in [1.54, 1.807) is 16.4 Å². The first kappa shape index (κ1) is 15.0. The molecule has 20 heavy (non-hydrogen) atoms. The van der Waals surface area contributed by atoms with Gasteiger partial charge >= 0.3 is 0 Å². The van der Waals surface area contributed by atoms with Crippen molar-refractivity contribution in [3.05, 3.63) is 40.7 Å². The van der Waals surface area contributed by atoms with E-state index in [-0.39, 0.29) is 5.91 Å². The van der Waals surface area contributed by atoms with Gasteiger partial charge < -0.3 is 0 Å². The number of hydrogen-bond acceptors (Lipinski definition) is 4. The lowest BCUT2D eigenvalue weighted by Gasteiger charge is -1.97. The molecule has 0 fully saturated rings. The van der Waals surface area contributed by atoms with Gasteiger partial charge in [0.1, 0.15) is 0 Å². The molecule has 6 heteroatoms. The van der Waals surface area contributed by atoms with Crippen molar-refractivity contribution in [2.75, 3.05) is 0 Å². The molecule has 0 bridgehead atoms. The fourth-order valence-electron chi connectivity index (χ4n) is 1.54. The number of thioether (sulfide) groups is 1. The Morgan fingerprint density at radius 3 is 2.75 bits per heavy atom. The molecule has 1 heterocycles. The van der Waals surface area contributed by atoms with Crippen LogP contribution in [0.5, 0.6) is 0 Å². The highest BCUT2D eigenvalue weighted by molar-refractivity contribution is 8.00. The zero-order valence-corrected chi connectivity index (χ0v) is 13.2. The predicted molar refractivity (Wildman–Crippen MR) is 82.6 cm³/mol. The highest BCUT2D eigenvalue weighted by Gasteiger charge is 2.06. The van der Waals surface area contributed by atoms with Crippen LogP contribution in [0, 0.1) is 0 Å². The van der Waals surface area contributed by atoms with Crippen LogP contribution in [0.2, 0.25) is 0 Å². The molecule has 2 aromatic rings. The number of carbonyl (C=O) groups excluding carboxylic acids is 1. The number of aryl methyl sites for hydroxylation is 1. The van der Waals surface area contributed by atoms with Gasteiger partial charge in [-0.3, -0.25) is 4.79 Å². The molecule has 106 valence electrons. The molecule has 0 unspecified atom stereocenters. The number of carbonyl (C=O) groups is 1. The number of nitrogens with zero attached hydrogens (tertiary/aromatic N) is 3. The number of amides is 1. The Morgan fingerprint density at radius 2 is 2.10 bits per heavy atom. The summed E-state index contributed by atoms with van der Waals surface area (Å²) in [5, 5.41) is 4.48. The van der Waals surface area contributed by atoms with Crippen molar-refractivity contribution in [3.63, 3.8) is 0 Å². The van der Waals surface area contributed by atoms with Gasteiger partial charge in [-0.05, 0) is 12.5 Å². The van der Waals surface area contributed by atoms with Gasteiger partial charge in [0.25, 0.3) is 0 Å². The lowest BCUT2D eigenvalue weighted by atomic mass is 10.2. The molecule has 0 spiro atoms. The van der Waals surface area contributed by atoms with Crippen molar-refractivity contribution in [2.45, 2.75) is 36.9 Å². The maximum atomic E-state index is 11.4. The van der Waals surface area contributed by atoms with Gasteiger partial charge in [0, 0.05) is 18.7 Å². The second kappa shape index (κ2) is 7.40. The van der Waals surface area contributed by atoms with E-state index in [2.05, 4.69) is 22.2 Å². The fourth-order valence-corrected chi connectivity index (χ4v) is 3.54. The molecule has 0 aliphatic rings. The first-order valence-corrected chi connectivity index (χ1v) is 8.35. The van der Waals surface area contributed by atoms with E-state index in [9.17, 15) is 4.79 Å². The van der Waals surface area contributed by atoms with Crippen molar-refractivity contribution in [3.8, 4) is 0 Å². The number of aromatic nitrogens is 2. The van der Waals surface area contributed by atoms with Crippen LogP contribution in [0.4, 0.5) is 0 Å². The zero-order chi connectivity index (χ0) is 14.4. The summed E-state index contributed by atoms with van der Waals surface area (Å²) >= 11 is 3.15. The molecule has 0 atom stereocenters. The third kappa shape index (κ3) is 4.05. The van der Waals surface area contributed by atoms with Crippen LogP contribution in [-0.2, 0) is 17.1 Å². The molecule has 1 amide bonds. The SMILES string of the molecule is CCC(=O)N=c1sc(SCc2ccccc2)nn1CC. The van der Waals surface area contributed by atoms with Crippen LogP contribution >= 0.6 is 23.1 Å². The van der Waals surface area contributed by atoms with Crippen molar-refractivity contribution in [1.82, 2.24) is 9.78 Å². The van der Waals surface area contributed by atoms with Crippen molar-refractivity contribution >= 4 is 29.0 Å². The molecule has 0 N–H and O–H groups in total. The lowest BCUT2D eigenvalue weighted by Crippen LogP contribution is -2.16. The summed E-state index contributed by atoms with van der Waals surface area (Å²) in [6, 6.07) is 10.3. The minimum Gasteiger partial charge on any atom is -0.273 e. The van der Waals surface area contributed by atoms with Gasteiger partial charge in [0.15, 0.2) is 4.34 Å². The van der Waals surface area contributed by atoms with Gasteiger partial charge in [0.05, 0.1) is 0 Å². The molecule has 0 aliphatic heterocycles. The van der Waals surface area contributed by atoms with E-state index in [0.717, 1.165) is 16.6 Å². The van der Waals surface area contributed by atoms with E-state index in [0.29, 0.717) is 11.2 Å². The fraction of sp³-hybridized carbons (Fsp3) is 0.357. The largest absolute Gasteiger partial charge is 0.273 e. The molecule has 1 aromatic carbocycles. The van der Waals surface area contributed by atoms with Gasteiger partial charge in [0.2, 0.25) is 10.7 Å². The van der Waals surface area contributed by atoms with Crippen LogP contribution in [0.15, 0.2) is 39.7 Å². The Balaban J connectivity index is 2.13. The van der Waals surface area contributed by atoms with Gasteiger partial charge in [-0.2, -0.15) is 10.1 Å². The molecule has 4 nitrogen and oxygen atoms in total. The second-order valence-electron chi connectivity index (χ2n) is 4.10. The summed E-state index contributed by atoms with van der Waals surface area (Å²) in [5.74, 6) is 0.773. The standard InChI is InChI=1S/C14H17N3OS2/c1-3-12(18)15-13-17(4-2)16-14(20-13)19-10-11-8-6-5-7-9-11/h5-9H,3-4,10H2,1-2H3. The van der Waals surface area contributed by atoms with Gasteiger partial charge in [-0.1, -0.05) is 60.4 Å². The summed E-state index contributed by atoms with van der Waals surface area (Å²) in [5.41, 5.74) is 1.26. The molecule has 0 radical (unpaired) electrons. The summed E-state index contributed by atoms with van der Waals surface area (Å²) in [4.78, 5) is 16.2. The van der Waals surface area contributed by atoms with Crippen LogP contribution in [0.1, 0.15) is 25.8 Å². The summed E-state index contributed by atoms with van der Waals surface area (Å²) < 4.78 is 2.73. The molecule has 0 saturated heterocycles. The number of hydrogen-bond donors (Lipinski definition) is 0. The number of benzene rings is 1. The molecule has 1 aromatic heterocycles. The van der Waals surface area contributed by atoms with Crippen molar-refractivity contribution in [2.24, 2.45) is 4.99 Å². The summed E-state index contributed by atoms with van der Waals surface area (Å²) in [6.45, 7) is 4.53. The minimum absolute atomic E-state index is 0.101. The van der Waals surface area contributed by atoms with Crippen LogP contribution in [-0.4, -0.2) is 15.7 Å². The minimum atomic E-state index is -0.101. The van der Waals surface area contributed by atoms with Crippen LogP contribution in [0.25, 0.3) is 0 Å². The maximum Gasteiger partial charge on any atom is 0.248 e. The highest BCUT2D eigenvalue weighted by atomic mass is 32.2. The Bertz CT molecular complexity index is 631. The van der Waals surface area contributed by atoms with E-state index >= 15 is 0 Å². The summed E-state index contributed by atoms with van der Waals surface area (Å²) in [6.07, 6.45) is 0.425. The van der Waals surface area contributed by atoms with Gasteiger partial charge in [-0.25, -0.2) is 4.68 Å². The highest BCUT2D eigenvalue weighted by Crippen LogP contribution is 2.22. The smallest absolute Gasteiger partial charge is 0.248 e. The van der Waals surface area contributed by atoms with E-state index < -0.39 is 0 Å². The average molecular weight is 307 g/mol. The van der Waals surface area contributed by atoms with Crippen molar-refractivity contribution in [1.29, 1.82) is 0 Å². The monoisotopic (exact) mass is 307 g/mol. The molecule has 0 saturated carbocycles. The van der Waals surface area contributed by atoms with Crippen LogP contribution < -0.4 is 4.80 Å². The zero-order valence-electron chi connectivity index (χ0n) is 11.6. The Labute approximate surface area is 126 Å². The normalized spacial score (nSPS) is 11.8. The first-order chi connectivity index (χ1) is 9.72. The second-order valence-corrected chi connectivity index (χ2v) is 6.28. The maximum absolute atomic E-state index is 11.4. The summed E-state index contributed by atoms with van der Waals surface area (Å²) in [7, 11) is 0. The third-order valence-corrected chi connectivity index (χ3v) is 4.78. The van der Waals surface area contributed by atoms with E-state index in [1.165, 1.54) is 16.9 Å².